The third-order valence-corrected chi connectivity index (χ3v) is 2.81. The number of hydrogen-bond donors (Lipinski definition) is 1. The second-order valence-corrected chi connectivity index (χ2v) is 4.26. The van der Waals surface area contributed by atoms with Crippen LogP contribution in [0.15, 0.2) is 47.3 Å². The van der Waals surface area contributed by atoms with E-state index in [1.54, 1.807) is 53.3 Å². The fourth-order valence-electron chi connectivity index (χ4n) is 1.83. The van der Waals surface area contributed by atoms with Gasteiger partial charge in [-0.25, -0.2) is 0 Å². The molecular weight excluding hydrogens is 258 g/mol. The van der Waals surface area contributed by atoms with Gasteiger partial charge in [0.15, 0.2) is 5.76 Å². The summed E-state index contributed by atoms with van der Waals surface area (Å²) >= 11 is 0. The number of nitrogens with zero attached hydrogens (tertiary/aromatic N) is 4. The summed E-state index contributed by atoms with van der Waals surface area (Å²) in [6.45, 7) is 0.131. The molecule has 102 valence electrons. The van der Waals surface area contributed by atoms with Crippen LogP contribution in [0.1, 0.15) is 0 Å². The second kappa shape index (κ2) is 5.04. The number of anilines is 1. The first-order valence-electron chi connectivity index (χ1n) is 6.07. The number of hydrogen-bond acceptors (Lipinski definition) is 4. The highest BCUT2D eigenvalue weighted by Crippen LogP contribution is 2.16. The van der Waals surface area contributed by atoms with Crippen molar-refractivity contribution in [3.05, 3.63) is 42.9 Å². The Bertz CT molecular complexity index is 711. The summed E-state index contributed by atoms with van der Waals surface area (Å²) < 4.78 is 8.40. The van der Waals surface area contributed by atoms with Crippen molar-refractivity contribution in [3.63, 3.8) is 0 Å². The Hall–Kier alpha value is -2.83. The Labute approximate surface area is 114 Å². The average Bonchev–Trinajstić information content (AvgIpc) is 3.12. The SMILES string of the molecule is Cn1nccc1NC(=O)Cn1ccc(-c2ccco2)n1. The molecule has 1 N–H and O–H groups in total. The van der Waals surface area contributed by atoms with Crippen molar-refractivity contribution in [2.45, 2.75) is 6.54 Å². The van der Waals surface area contributed by atoms with E-state index in [4.69, 9.17) is 4.42 Å². The van der Waals surface area contributed by atoms with Gasteiger partial charge in [0.25, 0.3) is 0 Å². The molecule has 0 saturated heterocycles. The summed E-state index contributed by atoms with van der Waals surface area (Å²) in [4.78, 5) is 11.9. The summed E-state index contributed by atoms with van der Waals surface area (Å²) in [6, 6.07) is 7.15. The first-order chi connectivity index (χ1) is 9.72. The van der Waals surface area contributed by atoms with Crippen molar-refractivity contribution < 1.29 is 9.21 Å². The molecule has 0 saturated carbocycles. The van der Waals surface area contributed by atoms with E-state index in [9.17, 15) is 4.79 Å². The van der Waals surface area contributed by atoms with E-state index in [0.717, 1.165) is 0 Å². The maximum absolute atomic E-state index is 11.9. The molecule has 1 amide bonds. The van der Waals surface area contributed by atoms with Gasteiger partial charge in [-0.2, -0.15) is 10.2 Å². The van der Waals surface area contributed by atoms with Crippen LogP contribution in [0.2, 0.25) is 0 Å². The van der Waals surface area contributed by atoms with Gasteiger partial charge < -0.3 is 9.73 Å². The zero-order valence-corrected chi connectivity index (χ0v) is 10.9. The highest BCUT2D eigenvalue weighted by Gasteiger charge is 2.09. The topological polar surface area (TPSA) is 77.9 Å². The van der Waals surface area contributed by atoms with Crippen molar-refractivity contribution >= 4 is 11.7 Å². The number of amides is 1. The third kappa shape index (κ3) is 2.46. The van der Waals surface area contributed by atoms with Gasteiger partial charge in [0.1, 0.15) is 18.1 Å². The van der Waals surface area contributed by atoms with Gasteiger partial charge in [-0.3, -0.25) is 14.2 Å². The smallest absolute Gasteiger partial charge is 0.247 e. The molecule has 0 aliphatic heterocycles. The van der Waals surface area contributed by atoms with Crippen LogP contribution in [0.4, 0.5) is 5.82 Å². The standard InChI is InChI=1S/C13H13N5O2/c1-17-12(4-6-14-17)15-13(19)9-18-7-5-10(16-18)11-3-2-8-20-11/h2-8H,9H2,1H3,(H,15,19). The second-order valence-electron chi connectivity index (χ2n) is 4.26. The molecule has 0 unspecified atom stereocenters. The molecule has 3 aromatic rings. The molecule has 0 bridgehead atoms. The van der Waals surface area contributed by atoms with Crippen molar-refractivity contribution in [1.29, 1.82) is 0 Å². The molecule has 0 fully saturated rings. The molecule has 20 heavy (non-hydrogen) atoms. The average molecular weight is 271 g/mol. The van der Waals surface area contributed by atoms with Crippen molar-refractivity contribution in [1.82, 2.24) is 19.6 Å². The number of furan rings is 1. The highest BCUT2D eigenvalue weighted by atomic mass is 16.3. The Morgan fingerprint density at radius 3 is 3.00 bits per heavy atom. The molecule has 3 rings (SSSR count). The van der Waals surface area contributed by atoms with E-state index >= 15 is 0 Å². The van der Waals surface area contributed by atoms with Gasteiger partial charge >= 0.3 is 0 Å². The maximum Gasteiger partial charge on any atom is 0.247 e. The zero-order valence-electron chi connectivity index (χ0n) is 10.9. The van der Waals surface area contributed by atoms with Gasteiger partial charge in [-0.05, 0) is 18.2 Å². The highest BCUT2D eigenvalue weighted by molar-refractivity contribution is 5.89. The lowest BCUT2D eigenvalue weighted by molar-refractivity contribution is -0.116. The molecular formula is C13H13N5O2. The number of carbonyl (C=O) groups is 1. The molecule has 0 atom stereocenters. The Morgan fingerprint density at radius 2 is 2.30 bits per heavy atom. The van der Waals surface area contributed by atoms with Crippen LogP contribution in [0.3, 0.4) is 0 Å². The van der Waals surface area contributed by atoms with Gasteiger partial charge in [0.2, 0.25) is 5.91 Å². The molecule has 0 radical (unpaired) electrons. The number of carbonyl (C=O) groups excluding carboxylic acids is 1. The van der Waals surface area contributed by atoms with E-state index in [1.807, 2.05) is 6.07 Å². The van der Waals surface area contributed by atoms with E-state index in [1.165, 1.54) is 0 Å². The van der Waals surface area contributed by atoms with Crippen LogP contribution in [-0.4, -0.2) is 25.5 Å². The first-order valence-corrected chi connectivity index (χ1v) is 6.07. The molecule has 7 nitrogen and oxygen atoms in total. The fourth-order valence-corrected chi connectivity index (χ4v) is 1.83. The molecule has 0 aliphatic rings. The monoisotopic (exact) mass is 271 g/mol. The lowest BCUT2D eigenvalue weighted by atomic mass is 10.3. The van der Waals surface area contributed by atoms with Crippen LogP contribution in [-0.2, 0) is 18.4 Å². The minimum absolute atomic E-state index is 0.131. The zero-order chi connectivity index (χ0) is 13.9. The van der Waals surface area contributed by atoms with Crippen LogP contribution in [0, 0.1) is 0 Å². The van der Waals surface area contributed by atoms with Crippen molar-refractivity contribution in [2.24, 2.45) is 7.05 Å². The quantitative estimate of drug-likeness (QED) is 0.780. The lowest BCUT2D eigenvalue weighted by Crippen LogP contribution is -2.20. The summed E-state index contributed by atoms with van der Waals surface area (Å²) in [5, 5.41) is 11.0. The number of aryl methyl sites for hydroxylation is 1. The lowest BCUT2D eigenvalue weighted by Gasteiger charge is -2.05. The Morgan fingerprint density at radius 1 is 1.40 bits per heavy atom. The van der Waals surface area contributed by atoms with E-state index in [0.29, 0.717) is 17.3 Å². The molecule has 0 aromatic carbocycles. The third-order valence-electron chi connectivity index (χ3n) is 2.81. The van der Waals surface area contributed by atoms with Gasteiger partial charge in [0.05, 0.1) is 12.5 Å². The maximum atomic E-state index is 11.9. The minimum Gasteiger partial charge on any atom is -0.463 e. The number of nitrogens with one attached hydrogen (secondary N) is 1. The van der Waals surface area contributed by atoms with Crippen LogP contribution in [0.5, 0.6) is 0 Å². The minimum atomic E-state index is -0.164. The van der Waals surface area contributed by atoms with Crippen LogP contribution in [0.25, 0.3) is 11.5 Å². The summed E-state index contributed by atoms with van der Waals surface area (Å²) in [5.41, 5.74) is 0.698. The number of aromatic nitrogens is 4. The van der Waals surface area contributed by atoms with E-state index in [-0.39, 0.29) is 12.5 Å². The predicted octanol–water partition coefficient (Wildman–Crippen LogP) is 1.52. The van der Waals surface area contributed by atoms with Crippen molar-refractivity contribution in [3.8, 4) is 11.5 Å². The predicted molar refractivity (Wildman–Crippen MR) is 71.8 cm³/mol. The van der Waals surface area contributed by atoms with Crippen molar-refractivity contribution in [2.75, 3.05) is 5.32 Å². The van der Waals surface area contributed by atoms with Gasteiger partial charge in [0, 0.05) is 19.3 Å². The summed E-state index contributed by atoms with van der Waals surface area (Å²) in [7, 11) is 1.76. The molecule has 3 aromatic heterocycles. The molecule has 0 spiro atoms. The first kappa shape index (κ1) is 12.2. The fraction of sp³-hybridized carbons (Fsp3) is 0.154. The van der Waals surface area contributed by atoms with E-state index in [2.05, 4.69) is 15.5 Å². The number of rotatable bonds is 4. The van der Waals surface area contributed by atoms with E-state index < -0.39 is 0 Å². The largest absolute Gasteiger partial charge is 0.463 e. The van der Waals surface area contributed by atoms with Crippen LogP contribution >= 0.6 is 0 Å². The molecule has 3 heterocycles. The summed E-state index contributed by atoms with van der Waals surface area (Å²) in [5.74, 6) is 1.16. The summed E-state index contributed by atoms with van der Waals surface area (Å²) in [6.07, 6.45) is 4.95. The Balaban J connectivity index is 1.66. The normalized spacial score (nSPS) is 10.7. The molecule has 0 aliphatic carbocycles. The van der Waals surface area contributed by atoms with Gasteiger partial charge in [-0.15, -0.1) is 0 Å². The van der Waals surface area contributed by atoms with Crippen LogP contribution < -0.4 is 5.32 Å². The Kier molecular flexibility index (Phi) is 3.08. The van der Waals surface area contributed by atoms with Gasteiger partial charge in [-0.1, -0.05) is 0 Å². The molecule has 7 heteroatoms.